The van der Waals surface area contributed by atoms with Crippen LogP contribution in [-0.2, 0) is 13.0 Å². The zero-order valence-corrected chi connectivity index (χ0v) is 27.7. The third kappa shape index (κ3) is 6.25. The van der Waals surface area contributed by atoms with Crippen LogP contribution >= 0.6 is 0 Å². The maximum atomic E-state index is 5.01. The minimum Gasteiger partial charge on any atom is -0.261 e. The molecular formula is C47H35N3. The average Bonchev–Trinajstić information content (AvgIpc) is 3.59. The van der Waals surface area contributed by atoms with Gasteiger partial charge in [-0.3, -0.25) is 4.99 Å². The van der Waals surface area contributed by atoms with Crippen molar-refractivity contribution in [1.82, 2.24) is 0 Å². The number of fused-ring (bicyclic) bond motifs is 3. The van der Waals surface area contributed by atoms with E-state index >= 15 is 0 Å². The second-order valence-corrected chi connectivity index (χ2v) is 12.5. The first-order valence-electron chi connectivity index (χ1n) is 17.0. The van der Waals surface area contributed by atoms with Crippen LogP contribution in [0.5, 0.6) is 0 Å². The summed E-state index contributed by atoms with van der Waals surface area (Å²) in [6, 6.07) is 61.5. The van der Waals surface area contributed by atoms with Gasteiger partial charge in [0.2, 0.25) is 0 Å². The Balaban J connectivity index is 1.10. The third-order valence-corrected chi connectivity index (χ3v) is 9.34. The van der Waals surface area contributed by atoms with Crippen molar-refractivity contribution in [2.75, 3.05) is 0 Å². The van der Waals surface area contributed by atoms with E-state index in [1.165, 1.54) is 55.6 Å². The number of amidine groups is 2. The highest BCUT2D eigenvalue weighted by Crippen LogP contribution is 2.46. The third-order valence-electron chi connectivity index (χ3n) is 9.34. The van der Waals surface area contributed by atoms with E-state index in [-0.39, 0.29) is 0 Å². The Hall–Kier alpha value is -6.45. The fourth-order valence-electron chi connectivity index (χ4n) is 6.91. The minimum absolute atomic E-state index is 0.491. The molecule has 0 saturated heterocycles. The van der Waals surface area contributed by atoms with Crippen molar-refractivity contribution < 1.29 is 0 Å². The highest BCUT2D eigenvalue weighted by molar-refractivity contribution is 6.12. The van der Waals surface area contributed by atoms with Gasteiger partial charge in [-0.2, -0.15) is 0 Å². The molecule has 50 heavy (non-hydrogen) atoms. The predicted molar refractivity (Wildman–Crippen MR) is 210 cm³/mol. The predicted octanol–water partition coefficient (Wildman–Crippen LogP) is 11.4. The monoisotopic (exact) mass is 641 g/mol. The maximum absolute atomic E-state index is 5.01. The fraction of sp³-hybridized carbons (Fsp3) is 0.0426. The van der Waals surface area contributed by atoms with Gasteiger partial charge in [-0.15, -0.1) is 0 Å². The molecule has 0 fully saturated rings. The Kier molecular flexibility index (Phi) is 8.61. The molecule has 8 rings (SSSR count). The van der Waals surface area contributed by atoms with Crippen molar-refractivity contribution in [2.24, 2.45) is 15.0 Å². The van der Waals surface area contributed by atoms with Crippen LogP contribution in [0.3, 0.4) is 0 Å². The van der Waals surface area contributed by atoms with E-state index in [9.17, 15) is 0 Å². The van der Waals surface area contributed by atoms with Crippen molar-refractivity contribution in [3.63, 3.8) is 0 Å². The summed E-state index contributed by atoms with van der Waals surface area (Å²) >= 11 is 0. The van der Waals surface area contributed by atoms with E-state index in [2.05, 4.69) is 151 Å². The molecule has 0 atom stereocenters. The summed E-state index contributed by atoms with van der Waals surface area (Å²) in [5.41, 5.74) is 15.6. The van der Waals surface area contributed by atoms with Gasteiger partial charge < -0.3 is 0 Å². The Morgan fingerprint density at radius 2 is 1.06 bits per heavy atom. The van der Waals surface area contributed by atoms with Crippen LogP contribution in [0.4, 0.5) is 0 Å². The van der Waals surface area contributed by atoms with Crippen LogP contribution < -0.4 is 0 Å². The standard InChI is InChI=1S/C47H35N3/c1-48-46(50-47(37-19-9-4-10-20-37)49-32-33-14-11-21-39(30-33)34-15-5-2-6-16-34)38-28-26-36(27-29-38)41-23-13-25-43-44(41)31-40-22-12-24-42(45(40)43)35-17-7-3-8-18-35/h2-30H,1,31-32H2. The van der Waals surface area contributed by atoms with Gasteiger partial charge in [-0.05, 0) is 80.4 Å². The second-order valence-electron chi connectivity index (χ2n) is 12.5. The van der Waals surface area contributed by atoms with Gasteiger partial charge in [-0.1, -0.05) is 170 Å². The molecule has 0 aliphatic heterocycles. The van der Waals surface area contributed by atoms with Gasteiger partial charge in [0.25, 0.3) is 0 Å². The molecule has 0 amide bonds. The van der Waals surface area contributed by atoms with Crippen LogP contribution in [0.25, 0.3) is 44.5 Å². The van der Waals surface area contributed by atoms with Crippen molar-refractivity contribution >= 4 is 18.4 Å². The van der Waals surface area contributed by atoms with Gasteiger partial charge in [-0.25, -0.2) is 9.98 Å². The Labute approximate surface area is 293 Å². The molecule has 3 nitrogen and oxygen atoms in total. The first-order valence-corrected chi connectivity index (χ1v) is 17.0. The van der Waals surface area contributed by atoms with Crippen LogP contribution in [0.15, 0.2) is 191 Å². The molecule has 0 bridgehead atoms. The maximum Gasteiger partial charge on any atom is 0.161 e. The molecule has 0 radical (unpaired) electrons. The van der Waals surface area contributed by atoms with E-state index in [1.54, 1.807) is 0 Å². The minimum atomic E-state index is 0.491. The first-order chi connectivity index (χ1) is 24.7. The van der Waals surface area contributed by atoms with Crippen molar-refractivity contribution in [2.45, 2.75) is 13.0 Å². The van der Waals surface area contributed by atoms with Crippen molar-refractivity contribution in [3.8, 4) is 44.5 Å². The van der Waals surface area contributed by atoms with Crippen LogP contribution in [0.1, 0.15) is 27.8 Å². The quantitative estimate of drug-likeness (QED) is 0.123. The summed E-state index contributed by atoms with van der Waals surface area (Å²) in [5.74, 6) is 1.16. The summed E-state index contributed by atoms with van der Waals surface area (Å²) in [6.45, 7) is 4.39. The molecule has 1 aliphatic rings. The van der Waals surface area contributed by atoms with Gasteiger partial charge in [0, 0.05) is 11.1 Å². The van der Waals surface area contributed by atoms with Crippen molar-refractivity contribution in [3.05, 3.63) is 204 Å². The Morgan fingerprint density at radius 1 is 0.480 bits per heavy atom. The largest absolute Gasteiger partial charge is 0.261 e. The zero-order valence-electron chi connectivity index (χ0n) is 27.7. The Bertz CT molecular complexity index is 2350. The second kappa shape index (κ2) is 14.0. The lowest BCUT2D eigenvalue weighted by molar-refractivity contribution is 1.06. The van der Waals surface area contributed by atoms with Crippen LogP contribution in [0, 0.1) is 0 Å². The van der Waals surface area contributed by atoms with E-state index in [0.717, 1.165) is 23.1 Å². The number of hydrogen-bond acceptors (Lipinski definition) is 1. The molecule has 0 heterocycles. The molecule has 0 N–H and O–H groups in total. The van der Waals surface area contributed by atoms with Gasteiger partial charge in [0.1, 0.15) is 0 Å². The Morgan fingerprint density at radius 3 is 1.80 bits per heavy atom. The normalized spacial score (nSPS) is 12.3. The first kappa shape index (κ1) is 30.9. The molecule has 238 valence electrons. The van der Waals surface area contributed by atoms with E-state index in [0.29, 0.717) is 18.2 Å². The van der Waals surface area contributed by atoms with Gasteiger partial charge in [0.15, 0.2) is 11.7 Å². The molecule has 1 aliphatic carbocycles. The molecular weight excluding hydrogens is 607 g/mol. The smallest absolute Gasteiger partial charge is 0.161 e. The number of rotatable bonds is 7. The van der Waals surface area contributed by atoms with Crippen LogP contribution in [-0.4, -0.2) is 18.4 Å². The topological polar surface area (TPSA) is 37.1 Å². The molecule has 3 heteroatoms. The van der Waals surface area contributed by atoms with Crippen molar-refractivity contribution in [1.29, 1.82) is 0 Å². The van der Waals surface area contributed by atoms with E-state index in [4.69, 9.17) is 9.98 Å². The summed E-state index contributed by atoms with van der Waals surface area (Å²) in [7, 11) is 0. The number of nitrogens with zero attached hydrogens (tertiary/aromatic N) is 3. The number of aliphatic imine (C=N–C) groups is 3. The summed E-state index contributed by atoms with van der Waals surface area (Å²) < 4.78 is 0. The van der Waals surface area contributed by atoms with E-state index in [1.807, 2.05) is 36.4 Å². The fourth-order valence-corrected chi connectivity index (χ4v) is 6.91. The van der Waals surface area contributed by atoms with E-state index < -0.39 is 0 Å². The highest BCUT2D eigenvalue weighted by Gasteiger charge is 2.24. The zero-order chi connectivity index (χ0) is 33.7. The lowest BCUT2D eigenvalue weighted by atomic mass is 9.92. The summed E-state index contributed by atoms with van der Waals surface area (Å²) in [5, 5.41) is 0. The summed E-state index contributed by atoms with van der Waals surface area (Å²) in [6.07, 6.45) is 0.912. The molecule has 7 aromatic carbocycles. The lowest BCUT2D eigenvalue weighted by Crippen LogP contribution is -2.05. The average molecular weight is 642 g/mol. The number of hydrogen-bond donors (Lipinski definition) is 0. The SMILES string of the molecule is C=NC(=NC(=NCc1cccc(-c2ccccc2)c1)c1ccccc1)c1ccc(-c2cccc3c2Cc2cccc(-c4ccccc4)c2-3)cc1. The summed E-state index contributed by atoms with van der Waals surface area (Å²) in [4.78, 5) is 14.4. The van der Waals surface area contributed by atoms with Crippen LogP contribution in [0.2, 0.25) is 0 Å². The number of benzene rings is 7. The molecule has 7 aromatic rings. The molecule has 0 aromatic heterocycles. The van der Waals surface area contributed by atoms with Gasteiger partial charge in [0.05, 0.1) is 6.54 Å². The molecule has 0 saturated carbocycles. The molecule has 0 unspecified atom stereocenters. The molecule has 0 spiro atoms. The van der Waals surface area contributed by atoms with Gasteiger partial charge >= 0.3 is 0 Å². The lowest BCUT2D eigenvalue weighted by Gasteiger charge is -2.12. The highest BCUT2D eigenvalue weighted by atomic mass is 15.0.